The molecule has 1 unspecified atom stereocenters. The molecule has 4 nitrogen and oxygen atoms in total. The van der Waals surface area contributed by atoms with E-state index in [-0.39, 0.29) is 5.41 Å². The first-order valence-electron chi connectivity index (χ1n) is 13.1. The lowest BCUT2D eigenvalue weighted by Gasteiger charge is -2.46. The quantitative estimate of drug-likeness (QED) is 0.307. The third kappa shape index (κ3) is 3.77. The van der Waals surface area contributed by atoms with Crippen molar-refractivity contribution >= 4 is 28.4 Å². The minimum atomic E-state index is -0.638. The van der Waals surface area contributed by atoms with Crippen LogP contribution in [0.15, 0.2) is 59.9 Å². The van der Waals surface area contributed by atoms with Crippen LogP contribution in [0.1, 0.15) is 77.7 Å². The topological polar surface area (TPSA) is 37.7 Å². The van der Waals surface area contributed by atoms with E-state index >= 15 is 0 Å². The van der Waals surface area contributed by atoms with E-state index < -0.39 is 5.72 Å². The molecule has 2 aliphatic heterocycles. The number of benzene rings is 2. The predicted octanol–water partition coefficient (Wildman–Crippen LogP) is 7.96. The molecule has 0 bridgehead atoms. The summed E-state index contributed by atoms with van der Waals surface area (Å²) in [5.41, 5.74) is 2.60. The second-order valence-corrected chi connectivity index (χ2v) is 10.3. The van der Waals surface area contributed by atoms with E-state index in [0.29, 0.717) is 0 Å². The summed E-state index contributed by atoms with van der Waals surface area (Å²) in [7, 11) is 0. The van der Waals surface area contributed by atoms with Crippen LogP contribution >= 0.6 is 0 Å². The van der Waals surface area contributed by atoms with Crippen molar-refractivity contribution in [2.45, 2.75) is 83.3 Å². The van der Waals surface area contributed by atoms with Crippen LogP contribution in [0, 0.1) is 0 Å². The van der Waals surface area contributed by atoms with Gasteiger partial charge in [-0.3, -0.25) is 9.98 Å². The Labute approximate surface area is 204 Å². The van der Waals surface area contributed by atoms with Gasteiger partial charge in [0.1, 0.15) is 11.4 Å². The lowest BCUT2D eigenvalue weighted by Crippen LogP contribution is -2.62. The SMILES string of the molecule is CCCCCCCCCCN1c2ccccc2C(C)(C)C12C=Nc1c(ccc3ccncc13)O2. The Balaban J connectivity index is 1.41. The van der Waals surface area contributed by atoms with E-state index in [1.54, 1.807) is 0 Å². The molecule has 5 rings (SSSR count). The fraction of sp³-hybridized carbons (Fsp3) is 0.467. The molecular formula is C30H37N3O. The maximum Gasteiger partial charge on any atom is 0.228 e. The third-order valence-electron chi connectivity index (χ3n) is 7.79. The van der Waals surface area contributed by atoms with Crippen LogP contribution in [0.25, 0.3) is 10.8 Å². The molecule has 4 heteroatoms. The van der Waals surface area contributed by atoms with Crippen LogP contribution in [0.3, 0.4) is 0 Å². The number of hydrogen-bond donors (Lipinski definition) is 0. The fourth-order valence-corrected chi connectivity index (χ4v) is 5.74. The molecule has 0 amide bonds. The summed E-state index contributed by atoms with van der Waals surface area (Å²) >= 11 is 0. The van der Waals surface area contributed by atoms with Gasteiger partial charge in [0.05, 0.1) is 11.6 Å². The Bertz CT molecular complexity index is 1180. The molecule has 1 atom stereocenters. The number of para-hydroxylation sites is 1. The molecule has 0 saturated heterocycles. The number of fused-ring (bicyclic) bond motifs is 4. The van der Waals surface area contributed by atoms with Gasteiger partial charge < -0.3 is 9.64 Å². The molecule has 2 aliphatic rings. The van der Waals surface area contributed by atoms with Gasteiger partial charge in [0.15, 0.2) is 0 Å². The van der Waals surface area contributed by atoms with Gasteiger partial charge in [-0.1, -0.05) is 76.1 Å². The van der Waals surface area contributed by atoms with Crippen molar-refractivity contribution in [3.63, 3.8) is 0 Å². The monoisotopic (exact) mass is 455 g/mol. The minimum Gasteiger partial charge on any atom is -0.459 e. The molecular weight excluding hydrogens is 418 g/mol. The van der Waals surface area contributed by atoms with Gasteiger partial charge in [0.2, 0.25) is 5.72 Å². The van der Waals surface area contributed by atoms with Crippen molar-refractivity contribution in [3.8, 4) is 5.75 Å². The number of ether oxygens (including phenoxy) is 1. The Morgan fingerprint density at radius 1 is 0.882 bits per heavy atom. The Hall–Kier alpha value is -2.88. The molecule has 1 spiro atoms. The molecule has 0 radical (unpaired) electrons. The number of nitrogens with zero attached hydrogens (tertiary/aromatic N) is 3. The largest absolute Gasteiger partial charge is 0.459 e. The smallest absolute Gasteiger partial charge is 0.228 e. The van der Waals surface area contributed by atoms with Gasteiger partial charge in [-0.25, -0.2) is 0 Å². The average Bonchev–Trinajstić information content (AvgIpc) is 3.04. The molecule has 0 fully saturated rings. The lowest BCUT2D eigenvalue weighted by atomic mass is 9.77. The summed E-state index contributed by atoms with van der Waals surface area (Å²) in [6, 6.07) is 15.0. The van der Waals surface area contributed by atoms with E-state index in [4.69, 9.17) is 9.73 Å². The highest BCUT2D eigenvalue weighted by molar-refractivity contribution is 5.99. The Kier molecular flexibility index (Phi) is 6.33. The highest BCUT2D eigenvalue weighted by Gasteiger charge is 2.59. The van der Waals surface area contributed by atoms with Crippen molar-refractivity contribution in [1.29, 1.82) is 0 Å². The van der Waals surface area contributed by atoms with Crippen LogP contribution in [-0.4, -0.2) is 23.5 Å². The van der Waals surface area contributed by atoms with Crippen LogP contribution in [-0.2, 0) is 5.41 Å². The number of hydrogen-bond acceptors (Lipinski definition) is 4. The summed E-state index contributed by atoms with van der Waals surface area (Å²) < 4.78 is 6.97. The van der Waals surface area contributed by atoms with Crippen molar-refractivity contribution < 1.29 is 4.74 Å². The molecule has 1 aromatic heterocycles. The third-order valence-corrected chi connectivity index (χ3v) is 7.79. The lowest BCUT2D eigenvalue weighted by molar-refractivity contribution is 0.0774. The van der Waals surface area contributed by atoms with Crippen LogP contribution in [0.2, 0.25) is 0 Å². The number of rotatable bonds is 9. The van der Waals surface area contributed by atoms with E-state index in [9.17, 15) is 0 Å². The van der Waals surface area contributed by atoms with E-state index in [1.165, 1.54) is 56.2 Å². The number of unbranched alkanes of at least 4 members (excludes halogenated alkanes) is 7. The average molecular weight is 456 g/mol. The molecule has 0 saturated carbocycles. The minimum absolute atomic E-state index is 0.241. The zero-order valence-corrected chi connectivity index (χ0v) is 20.9. The van der Waals surface area contributed by atoms with E-state index in [0.717, 1.165) is 35.2 Å². The van der Waals surface area contributed by atoms with Gasteiger partial charge >= 0.3 is 0 Å². The number of aliphatic imine (C=N–C) groups is 1. The van der Waals surface area contributed by atoms with Crippen molar-refractivity contribution in [2.75, 3.05) is 11.4 Å². The number of anilines is 1. The second kappa shape index (κ2) is 9.40. The summed E-state index contributed by atoms with van der Waals surface area (Å²) in [6.45, 7) is 7.82. The first kappa shape index (κ1) is 22.9. The molecule has 0 N–H and O–H groups in total. The zero-order chi connectivity index (χ0) is 23.6. The highest BCUT2D eigenvalue weighted by Crippen LogP contribution is 2.54. The standard InChI is InChI=1S/C30H37N3O/c1-4-5-6-7-8-9-10-13-20-33-26-15-12-11-14-25(26)29(2,3)30(33)22-32-28-24-21-31-19-18-23(24)16-17-27(28)34-30/h11-12,14-19,21-22H,4-10,13,20H2,1-3H3. The fourth-order valence-electron chi connectivity index (χ4n) is 5.74. The van der Waals surface area contributed by atoms with E-state index in [2.05, 4.69) is 73.3 Å². The predicted molar refractivity (Wildman–Crippen MR) is 143 cm³/mol. The van der Waals surface area contributed by atoms with Crippen LogP contribution in [0.5, 0.6) is 5.75 Å². The Morgan fingerprint density at radius 3 is 2.47 bits per heavy atom. The molecule has 178 valence electrons. The van der Waals surface area contributed by atoms with Gasteiger partial charge in [-0.2, -0.15) is 0 Å². The molecule has 34 heavy (non-hydrogen) atoms. The van der Waals surface area contributed by atoms with Crippen LogP contribution < -0.4 is 9.64 Å². The second-order valence-electron chi connectivity index (χ2n) is 10.3. The normalized spacial score (nSPS) is 19.9. The highest BCUT2D eigenvalue weighted by atomic mass is 16.5. The van der Waals surface area contributed by atoms with Gasteiger partial charge in [0.25, 0.3) is 0 Å². The molecule has 3 aromatic rings. The Morgan fingerprint density at radius 2 is 1.65 bits per heavy atom. The van der Waals surface area contributed by atoms with Gasteiger partial charge in [-0.05, 0) is 49.4 Å². The zero-order valence-electron chi connectivity index (χ0n) is 20.9. The maximum atomic E-state index is 6.97. The summed E-state index contributed by atoms with van der Waals surface area (Å²) in [6.07, 6.45) is 16.3. The van der Waals surface area contributed by atoms with E-state index in [1.807, 2.05) is 18.5 Å². The van der Waals surface area contributed by atoms with Crippen molar-refractivity contribution in [1.82, 2.24) is 4.98 Å². The first-order valence-corrected chi connectivity index (χ1v) is 13.1. The molecule has 0 aliphatic carbocycles. The number of pyridine rings is 1. The summed E-state index contributed by atoms with van der Waals surface area (Å²) in [5.74, 6) is 0.838. The van der Waals surface area contributed by atoms with Gasteiger partial charge in [0, 0.05) is 30.0 Å². The number of aromatic nitrogens is 1. The van der Waals surface area contributed by atoms with Crippen LogP contribution in [0.4, 0.5) is 11.4 Å². The maximum absolute atomic E-state index is 6.97. The van der Waals surface area contributed by atoms with Gasteiger partial charge in [-0.15, -0.1) is 0 Å². The van der Waals surface area contributed by atoms with Crippen molar-refractivity contribution in [3.05, 3.63) is 60.4 Å². The molecule has 2 aromatic carbocycles. The summed E-state index contributed by atoms with van der Waals surface area (Å²) in [4.78, 5) is 11.8. The van der Waals surface area contributed by atoms with Crippen molar-refractivity contribution in [2.24, 2.45) is 4.99 Å². The summed E-state index contributed by atoms with van der Waals surface area (Å²) in [5, 5.41) is 2.17. The first-order chi connectivity index (χ1) is 16.6. The molecule has 3 heterocycles.